The van der Waals surface area contributed by atoms with Gasteiger partial charge in [0.25, 0.3) is 0 Å². The zero-order chi connectivity index (χ0) is 7.30. The average Bonchev–Trinajstić information content (AvgIpc) is 2.32. The highest BCUT2D eigenvalue weighted by Crippen LogP contribution is 2.51. The number of carboxylic acid groups (broad SMARTS) is 1. The standard InChI is InChI=1S/C7H11NO2/c1-8-2-4-5(3-8)6(4)7(9)10/h4-6H,2-3H2,1H3,(H,9,10)/t4-,5+,6+. The molecule has 1 aliphatic heterocycles. The van der Waals surface area contributed by atoms with Crippen LogP contribution in [0.2, 0.25) is 0 Å². The molecule has 0 aromatic rings. The summed E-state index contributed by atoms with van der Waals surface area (Å²) in [5.41, 5.74) is 0. The number of likely N-dealkylation sites (tertiary alicyclic amines) is 1. The maximum atomic E-state index is 10.5. The van der Waals surface area contributed by atoms with Gasteiger partial charge >= 0.3 is 5.97 Å². The number of rotatable bonds is 1. The molecule has 0 unspecified atom stereocenters. The molecule has 3 nitrogen and oxygen atoms in total. The molecule has 1 aliphatic carbocycles. The van der Waals surface area contributed by atoms with Gasteiger partial charge in [-0.05, 0) is 18.9 Å². The van der Waals surface area contributed by atoms with Crippen LogP contribution < -0.4 is 0 Å². The van der Waals surface area contributed by atoms with Crippen molar-refractivity contribution in [2.75, 3.05) is 20.1 Å². The van der Waals surface area contributed by atoms with E-state index in [-0.39, 0.29) is 5.92 Å². The van der Waals surface area contributed by atoms with Gasteiger partial charge in [0.15, 0.2) is 0 Å². The smallest absolute Gasteiger partial charge is 0.307 e. The summed E-state index contributed by atoms with van der Waals surface area (Å²) in [5, 5.41) is 8.63. The Kier molecular flexibility index (Phi) is 1.06. The maximum absolute atomic E-state index is 10.5. The summed E-state index contributed by atoms with van der Waals surface area (Å²) in [6.07, 6.45) is 0. The van der Waals surface area contributed by atoms with Crippen molar-refractivity contribution in [2.45, 2.75) is 0 Å². The number of carbonyl (C=O) groups is 1. The van der Waals surface area contributed by atoms with Crippen molar-refractivity contribution in [2.24, 2.45) is 17.8 Å². The van der Waals surface area contributed by atoms with Crippen LogP contribution in [0.3, 0.4) is 0 Å². The second-order valence-corrected chi connectivity index (χ2v) is 3.41. The number of carboxylic acids is 1. The van der Waals surface area contributed by atoms with Crippen molar-refractivity contribution >= 4 is 5.97 Å². The van der Waals surface area contributed by atoms with Gasteiger partial charge in [0.2, 0.25) is 0 Å². The highest BCUT2D eigenvalue weighted by molar-refractivity contribution is 5.74. The molecule has 0 radical (unpaired) electrons. The average molecular weight is 141 g/mol. The van der Waals surface area contributed by atoms with Gasteiger partial charge in [-0.1, -0.05) is 0 Å². The molecule has 2 aliphatic rings. The lowest BCUT2D eigenvalue weighted by molar-refractivity contribution is -0.139. The predicted molar refractivity (Wildman–Crippen MR) is 35.6 cm³/mol. The van der Waals surface area contributed by atoms with Gasteiger partial charge in [0.1, 0.15) is 0 Å². The number of aliphatic carboxylic acids is 1. The molecule has 0 bridgehead atoms. The summed E-state index contributed by atoms with van der Waals surface area (Å²) in [6.45, 7) is 1.98. The lowest BCUT2D eigenvalue weighted by atomic mass is 10.3. The van der Waals surface area contributed by atoms with Crippen LogP contribution in [0.1, 0.15) is 0 Å². The second kappa shape index (κ2) is 1.72. The molecule has 2 fully saturated rings. The zero-order valence-electron chi connectivity index (χ0n) is 5.95. The van der Waals surface area contributed by atoms with Gasteiger partial charge in [0.05, 0.1) is 5.92 Å². The maximum Gasteiger partial charge on any atom is 0.307 e. The number of hydrogen-bond donors (Lipinski definition) is 1. The molecule has 0 amide bonds. The minimum absolute atomic E-state index is 0.00352. The Morgan fingerprint density at radius 3 is 2.40 bits per heavy atom. The van der Waals surface area contributed by atoms with Crippen molar-refractivity contribution in [3.63, 3.8) is 0 Å². The molecule has 0 spiro atoms. The molecule has 1 saturated carbocycles. The quantitative estimate of drug-likeness (QED) is 0.553. The number of hydrogen-bond acceptors (Lipinski definition) is 2. The lowest BCUT2D eigenvalue weighted by Gasteiger charge is -2.09. The molecule has 1 N–H and O–H groups in total. The van der Waals surface area contributed by atoms with Crippen LogP contribution in [0.15, 0.2) is 0 Å². The molecule has 2 rings (SSSR count). The molecular formula is C7H11NO2. The van der Waals surface area contributed by atoms with E-state index in [2.05, 4.69) is 4.90 Å². The molecule has 1 heterocycles. The van der Waals surface area contributed by atoms with E-state index in [4.69, 9.17) is 5.11 Å². The van der Waals surface area contributed by atoms with Crippen LogP contribution in [-0.4, -0.2) is 36.1 Å². The minimum Gasteiger partial charge on any atom is -0.481 e. The summed E-state index contributed by atoms with van der Waals surface area (Å²) < 4.78 is 0. The van der Waals surface area contributed by atoms with Crippen LogP contribution in [0.25, 0.3) is 0 Å². The SMILES string of the molecule is CN1C[C@@H]2[C@H](C1)[C@H]2C(=O)O. The topological polar surface area (TPSA) is 40.5 Å². The van der Waals surface area contributed by atoms with E-state index in [1.165, 1.54) is 0 Å². The highest BCUT2D eigenvalue weighted by Gasteiger charge is 2.58. The van der Waals surface area contributed by atoms with Crippen molar-refractivity contribution in [3.8, 4) is 0 Å². The molecule has 3 atom stereocenters. The van der Waals surface area contributed by atoms with E-state index in [9.17, 15) is 4.79 Å². The van der Waals surface area contributed by atoms with E-state index in [0.29, 0.717) is 11.8 Å². The first-order valence-corrected chi connectivity index (χ1v) is 3.61. The zero-order valence-corrected chi connectivity index (χ0v) is 5.95. The summed E-state index contributed by atoms with van der Waals surface area (Å²) in [4.78, 5) is 12.7. The molecule has 56 valence electrons. The predicted octanol–water partition coefficient (Wildman–Crippen LogP) is -0.121. The normalized spacial score (nSPS) is 45.1. The third-order valence-corrected chi connectivity index (χ3v) is 2.66. The molecule has 1 saturated heterocycles. The first-order valence-electron chi connectivity index (χ1n) is 3.61. The van der Waals surface area contributed by atoms with E-state index < -0.39 is 5.97 Å². The van der Waals surface area contributed by atoms with Crippen molar-refractivity contribution in [1.29, 1.82) is 0 Å². The van der Waals surface area contributed by atoms with Crippen LogP contribution in [0.5, 0.6) is 0 Å². The van der Waals surface area contributed by atoms with Crippen molar-refractivity contribution in [1.82, 2.24) is 4.90 Å². The Morgan fingerprint density at radius 2 is 2.00 bits per heavy atom. The largest absolute Gasteiger partial charge is 0.481 e. The first kappa shape index (κ1) is 6.16. The lowest BCUT2D eigenvalue weighted by Crippen LogP contribution is -2.21. The number of nitrogens with zero attached hydrogens (tertiary/aromatic N) is 1. The number of piperidine rings is 1. The van der Waals surface area contributed by atoms with Gasteiger partial charge in [-0.25, -0.2) is 0 Å². The van der Waals surface area contributed by atoms with Gasteiger partial charge in [0, 0.05) is 13.1 Å². The molecular weight excluding hydrogens is 130 g/mol. The Labute approximate surface area is 59.6 Å². The summed E-state index contributed by atoms with van der Waals surface area (Å²) in [5.74, 6) is 0.351. The Hall–Kier alpha value is -0.570. The van der Waals surface area contributed by atoms with E-state index in [1.807, 2.05) is 7.05 Å². The highest BCUT2D eigenvalue weighted by atomic mass is 16.4. The van der Waals surface area contributed by atoms with Crippen molar-refractivity contribution < 1.29 is 9.90 Å². The molecule has 3 heteroatoms. The minimum atomic E-state index is -0.594. The van der Waals surface area contributed by atoms with E-state index in [1.54, 1.807) is 0 Å². The third-order valence-electron chi connectivity index (χ3n) is 2.66. The molecule has 10 heavy (non-hydrogen) atoms. The van der Waals surface area contributed by atoms with Gasteiger partial charge in [-0.3, -0.25) is 4.79 Å². The Morgan fingerprint density at radius 1 is 1.50 bits per heavy atom. The summed E-state index contributed by atoms with van der Waals surface area (Å²) in [7, 11) is 2.05. The first-order chi connectivity index (χ1) is 4.70. The Bertz CT molecular complexity index is 168. The van der Waals surface area contributed by atoms with Crippen LogP contribution in [0, 0.1) is 17.8 Å². The summed E-state index contributed by atoms with van der Waals surface area (Å²) >= 11 is 0. The number of fused-ring (bicyclic) bond motifs is 1. The van der Waals surface area contributed by atoms with Crippen LogP contribution in [-0.2, 0) is 4.79 Å². The summed E-state index contributed by atoms with van der Waals surface area (Å²) in [6, 6.07) is 0. The van der Waals surface area contributed by atoms with E-state index in [0.717, 1.165) is 13.1 Å². The third kappa shape index (κ3) is 0.669. The molecule has 0 aromatic carbocycles. The fraction of sp³-hybridized carbons (Fsp3) is 0.857. The monoisotopic (exact) mass is 141 g/mol. The van der Waals surface area contributed by atoms with Crippen LogP contribution >= 0.6 is 0 Å². The van der Waals surface area contributed by atoms with Gasteiger partial charge in [-0.2, -0.15) is 0 Å². The van der Waals surface area contributed by atoms with Crippen LogP contribution in [0.4, 0.5) is 0 Å². The van der Waals surface area contributed by atoms with Gasteiger partial charge in [-0.15, -0.1) is 0 Å². The van der Waals surface area contributed by atoms with E-state index >= 15 is 0 Å². The fourth-order valence-electron chi connectivity index (χ4n) is 2.10. The Balaban J connectivity index is 1.98. The molecule has 0 aromatic heterocycles. The van der Waals surface area contributed by atoms with Crippen molar-refractivity contribution in [3.05, 3.63) is 0 Å². The second-order valence-electron chi connectivity index (χ2n) is 3.41. The fourth-order valence-corrected chi connectivity index (χ4v) is 2.10. The van der Waals surface area contributed by atoms with Gasteiger partial charge < -0.3 is 10.0 Å².